The van der Waals surface area contributed by atoms with Gasteiger partial charge in [0.15, 0.2) is 0 Å². The van der Waals surface area contributed by atoms with E-state index in [9.17, 15) is 10.1 Å². The van der Waals surface area contributed by atoms with E-state index in [1.54, 1.807) is 0 Å². The summed E-state index contributed by atoms with van der Waals surface area (Å²) < 4.78 is 0. The highest BCUT2D eigenvalue weighted by Crippen LogP contribution is 2.34. The first kappa shape index (κ1) is 13.5. The number of hydrogen-bond acceptors (Lipinski definition) is 6. The van der Waals surface area contributed by atoms with Gasteiger partial charge in [-0.25, -0.2) is 9.97 Å². The quantitative estimate of drug-likeness (QED) is 0.666. The van der Waals surface area contributed by atoms with Gasteiger partial charge in [-0.05, 0) is 33.6 Å². The molecule has 0 atom stereocenters. The molecule has 2 heterocycles. The molecule has 0 bridgehead atoms. The van der Waals surface area contributed by atoms with Crippen molar-refractivity contribution in [3.05, 3.63) is 16.4 Å². The molecule has 0 radical (unpaired) electrons. The maximum Gasteiger partial charge on any atom is 0.353 e. The zero-order chi connectivity index (χ0) is 14.0. The first-order valence-electron chi connectivity index (χ1n) is 6.41. The summed E-state index contributed by atoms with van der Waals surface area (Å²) in [5, 5.41) is 14.4. The van der Waals surface area contributed by atoms with Crippen LogP contribution in [0.4, 0.5) is 17.3 Å². The van der Waals surface area contributed by atoms with Crippen LogP contribution < -0.4 is 10.2 Å². The van der Waals surface area contributed by atoms with Crippen molar-refractivity contribution >= 4 is 17.3 Å². The van der Waals surface area contributed by atoms with E-state index >= 15 is 0 Å². The Morgan fingerprint density at radius 1 is 1.32 bits per heavy atom. The molecule has 1 aromatic heterocycles. The van der Waals surface area contributed by atoms with Gasteiger partial charge in [0.2, 0.25) is 11.6 Å². The van der Waals surface area contributed by atoms with E-state index in [1.807, 2.05) is 25.7 Å². The lowest BCUT2D eigenvalue weighted by Crippen LogP contribution is -2.28. The lowest BCUT2D eigenvalue weighted by Gasteiger charge is -2.22. The van der Waals surface area contributed by atoms with Crippen LogP contribution in [0.15, 0.2) is 6.33 Å². The number of rotatable bonds is 3. The Morgan fingerprint density at radius 2 is 1.95 bits per heavy atom. The highest BCUT2D eigenvalue weighted by molar-refractivity contribution is 5.71. The minimum atomic E-state index is -0.401. The Kier molecular flexibility index (Phi) is 3.55. The smallest absolute Gasteiger partial charge is 0.353 e. The van der Waals surface area contributed by atoms with E-state index in [2.05, 4.69) is 15.3 Å². The van der Waals surface area contributed by atoms with Crippen LogP contribution >= 0.6 is 0 Å². The standard InChI is InChI=1S/C12H19N5O2/c1-12(2,3)15-10-9(17(18)19)11(14-8-13-10)16-6-4-5-7-16/h8H,4-7H2,1-3H3,(H,13,14,15). The third-order valence-corrected chi connectivity index (χ3v) is 2.88. The average molecular weight is 265 g/mol. The molecule has 19 heavy (non-hydrogen) atoms. The van der Waals surface area contributed by atoms with Crippen molar-refractivity contribution in [3.63, 3.8) is 0 Å². The van der Waals surface area contributed by atoms with E-state index in [1.165, 1.54) is 6.33 Å². The fourth-order valence-electron chi connectivity index (χ4n) is 2.14. The van der Waals surface area contributed by atoms with E-state index in [0.29, 0.717) is 5.82 Å². The van der Waals surface area contributed by atoms with Crippen LogP contribution in [0.3, 0.4) is 0 Å². The summed E-state index contributed by atoms with van der Waals surface area (Å²) >= 11 is 0. The van der Waals surface area contributed by atoms with Crippen molar-refractivity contribution < 1.29 is 4.92 Å². The number of nitrogens with one attached hydrogen (secondary N) is 1. The summed E-state index contributed by atoms with van der Waals surface area (Å²) in [6.45, 7) is 7.44. The normalized spacial score (nSPS) is 15.6. The van der Waals surface area contributed by atoms with Gasteiger partial charge in [-0.3, -0.25) is 10.1 Å². The molecule has 0 aromatic carbocycles. The Labute approximate surface area is 112 Å². The molecule has 1 N–H and O–H groups in total. The summed E-state index contributed by atoms with van der Waals surface area (Å²) in [6.07, 6.45) is 3.47. The third-order valence-electron chi connectivity index (χ3n) is 2.88. The maximum atomic E-state index is 11.3. The van der Waals surface area contributed by atoms with Crippen molar-refractivity contribution in [2.75, 3.05) is 23.3 Å². The Bertz CT molecular complexity index is 477. The first-order chi connectivity index (χ1) is 8.88. The second kappa shape index (κ2) is 4.99. The zero-order valence-electron chi connectivity index (χ0n) is 11.5. The molecule has 0 amide bonds. The minimum absolute atomic E-state index is 0.0284. The molecular formula is C12H19N5O2. The molecule has 0 saturated carbocycles. The molecule has 2 rings (SSSR count). The summed E-state index contributed by atoms with van der Waals surface area (Å²) in [6, 6.07) is 0. The molecule has 0 spiro atoms. The average Bonchev–Trinajstić information content (AvgIpc) is 2.79. The predicted octanol–water partition coefficient (Wildman–Crippen LogP) is 2.20. The van der Waals surface area contributed by atoms with Crippen LogP contribution in [-0.2, 0) is 0 Å². The first-order valence-corrected chi connectivity index (χ1v) is 6.41. The molecule has 0 unspecified atom stereocenters. The lowest BCUT2D eigenvalue weighted by atomic mass is 10.1. The van der Waals surface area contributed by atoms with Crippen molar-refractivity contribution in [2.24, 2.45) is 0 Å². The molecule has 1 saturated heterocycles. The second-order valence-electron chi connectivity index (χ2n) is 5.72. The van der Waals surface area contributed by atoms with E-state index in [0.717, 1.165) is 25.9 Å². The van der Waals surface area contributed by atoms with Crippen LogP contribution in [-0.4, -0.2) is 33.5 Å². The molecular weight excluding hydrogens is 246 g/mol. The van der Waals surface area contributed by atoms with Gasteiger partial charge in [0.25, 0.3) is 0 Å². The van der Waals surface area contributed by atoms with Gasteiger partial charge in [0.05, 0.1) is 4.92 Å². The minimum Gasteiger partial charge on any atom is -0.360 e. The molecule has 104 valence electrons. The predicted molar refractivity (Wildman–Crippen MR) is 73.5 cm³/mol. The summed E-state index contributed by atoms with van der Waals surface area (Å²) in [4.78, 5) is 21.0. The van der Waals surface area contributed by atoms with Crippen LogP contribution in [0.1, 0.15) is 33.6 Å². The summed E-state index contributed by atoms with van der Waals surface area (Å²) in [5.74, 6) is 0.707. The zero-order valence-corrected chi connectivity index (χ0v) is 11.5. The van der Waals surface area contributed by atoms with Crippen molar-refractivity contribution in [2.45, 2.75) is 39.2 Å². The lowest BCUT2D eigenvalue weighted by molar-refractivity contribution is -0.383. The van der Waals surface area contributed by atoms with E-state index in [-0.39, 0.29) is 17.0 Å². The largest absolute Gasteiger partial charge is 0.360 e. The SMILES string of the molecule is CC(C)(C)Nc1ncnc(N2CCCC2)c1[N+](=O)[O-]. The number of nitro groups is 1. The topological polar surface area (TPSA) is 84.2 Å². The summed E-state index contributed by atoms with van der Waals surface area (Å²) in [5.41, 5.74) is -0.319. The van der Waals surface area contributed by atoms with Crippen LogP contribution in [0.25, 0.3) is 0 Å². The molecule has 1 aromatic rings. The van der Waals surface area contributed by atoms with Crippen molar-refractivity contribution in [1.29, 1.82) is 0 Å². The van der Waals surface area contributed by atoms with Gasteiger partial charge < -0.3 is 10.2 Å². The Morgan fingerprint density at radius 3 is 2.47 bits per heavy atom. The molecule has 0 aliphatic carbocycles. The Hall–Kier alpha value is -1.92. The molecule has 7 nitrogen and oxygen atoms in total. The van der Waals surface area contributed by atoms with Gasteiger partial charge in [0.1, 0.15) is 6.33 Å². The van der Waals surface area contributed by atoms with Gasteiger partial charge in [0, 0.05) is 18.6 Å². The van der Waals surface area contributed by atoms with Crippen LogP contribution in [0.2, 0.25) is 0 Å². The second-order valence-corrected chi connectivity index (χ2v) is 5.72. The monoisotopic (exact) mass is 265 g/mol. The van der Waals surface area contributed by atoms with Crippen molar-refractivity contribution in [3.8, 4) is 0 Å². The number of nitrogens with zero attached hydrogens (tertiary/aromatic N) is 4. The van der Waals surface area contributed by atoms with Gasteiger partial charge in [-0.1, -0.05) is 0 Å². The third kappa shape index (κ3) is 3.10. The van der Waals surface area contributed by atoms with E-state index < -0.39 is 4.92 Å². The molecule has 7 heteroatoms. The fraction of sp³-hybridized carbons (Fsp3) is 0.667. The number of aromatic nitrogens is 2. The molecule has 1 aliphatic rings. The summed E-state index contributed by atoms with van der Waals surface area (Å²) in [7, 11) is 0. The highest BCUT2D eigenvalue weighted by Gasteiger charge is 2.29. The number of hydrogen-bond donors (Lipinski definition) is 1. The molecule has 1 aliphatic heterocycles. The van der Waals surface area contributed by atoms with Crippen LogP contribution in [0, 0.1) is 10.1 Å². The highest BCUT2D eigenvalue weighted by atomic mass is 16.6. The van der Waals surface area contributed by atoms with E-state index in [4.69, 9.17) is 0 Å². The van der Waals surface area contributed by atoms with Gasteiger partial charge >= 0.3 is 5.69 Å². The molecule has 1 fully saturated rings. The number of anilines is 2. The maximum absolute atomic E-state index is 11.3. The van der Waals surface area contributed by atoms with Gasteiger partial charge in [-0.2, -0.15) is 0 Å². The fourth-order valence-corrected chi connectivity index (χ4v) is 2.14. The van der Waals surface area contributed by atoms with Gasteiger partial charge in [-0.15, -0.1) is 0 Å². The van der Waals surface area contributed by atoms with Crippen LogP contribution in [0.5, 0.6) is 0 Å². The Balaban J connectivity index is 2.43. The van der Waals surface area contributed by atoms with Crippen molar-refractivity contribution in [1.82, 2.24) is 9.97 Å².